The van der Waals surface area contributed by atoms with Gasteiger partial charge in [0.15, 0.2) is 0 Å². The molecule has 1 aromatic heterocycles. The average molecular weight is 226 g/mol. The van der Waals surface area contributed by atoms with Crippen molar-refractivity contribution in [2.45, 2.75) is 39.3 Å². The molecule has 3 heteroatoms. The number of thiophene rings is 1. The Hall–Kier alpha value is -0.380. The van der Waals surface area contributed by atoms with E-state index in [2.05, 4.69) is 43.2 Å². The van der Waals surface area contributed by atoms with Crippen molar-refractivity contribution in [3.05, 3.63) is 22.4 Å². The lowest BCUT2D eigenvalue weighted by Gasteiger charge is -2.33. The summed E-state index contributed by atoms with van der Waals surface area (Å²) in [7, 11) is 0. The summed E-state index contributed by atoms with van der Waals surface area (Å²) in [5.74, 6) is 0. The van der Waals surface area contributed by atoms with Gasteiger partial charge in [0.05, 0.1) is 6.04 Å². The summed E-state index contributed by atoms with van der Waals surface area (Å²) in [4.78, 5) is 3.88. The van der Waals surface area contributed by atoms with Gasteiger partial charge in [-0.05, 0) is 38.3 Å². The molecule has 1 heterocycles. The largest absolute Gasteiger partial charge is 0.329 e. The normalized spacial score (nSPS) is 13.7. The molecule has 2 nitrogen and oxygen atoms in total. The molecule has 15 heavy (non-hydrogen) atoms. The van der Waals surface area contributed by atoms with E-state index in [0.29, 0.717) is 18.6 Å². The van der Waals surface area contributed by atoms with Gasteiger partial charge in [0.2, 0.25) is 0 Å². The fraction of sp³-hybridized carbons (Fsp3) is 0.667. The predicted molar refractivity (Wildman–Crippen MR) is 68.2 cm³/mol. The first-order valence-electron chi connectivity index (χ1n) is 5.69. The zero-order valence-corrected chi connectivity index (χ0v) is 10.8. The zero-order valence-electron chi connectivity index (χ0n) is 9.94. The van der Waals surface area contributed by atoms with Crippen molar-refractivity contribution in [2.75, 3.05) is 13.1 Å². The smallest absolute Gasteiger partial charge is 0.0566 e. The third-order valence-corrected chi connectivity index (χ3v) is 3.61. The maximum absolute atomic E-state index is 5.90. The van der Waals surface area contributed by atoms with Crippen molar-refractivity contribution in [3.8, 4) is 0 Å². The molecule has 0 aliphatic rings. The summed E-state index contributed by atoms with van der Waals surface area (Å²) in [6.45, 7) is 8.53. The molecular weight excluding hydrogens is 204 g/mol. The van der Waals surface area contributed by atoms with Crippen molar-refractivity contribution in [1.82, 2.24) is 4.90 Å². The molecule has 0 aliphatic heterocycles. The molecule has 0 saturated heterocycles. The van der Waals surface area contributed by atoms with Crippen LogP contribution in [0.5, 0.6) is 0 Å². The summed E-state index contributed by atoms with van der Waals surface area (Å²) in [6, 6.07) is 5.24. The molecule has 0 amide bonds. The topological polar surface area (TPSA) is 29.3 Å². The number of nitrogens with two attached hydrogens (primary N) is 1. The van der Waals surface area contributed by atoms with Crippen LogP contribution in [0.15, 0.2) is 17.5 Å². The fourth-order valence-corrected chi connectivity index (χ4v) is 2.79. The Labute approximate surface area is 97.1 Å². The highest BCUT2D eigenvalue weighted by Gasteiger charge is 2.21. The fourth-order valence-electron chi connectivity index (χ4n) is 1.93. The Balaban J connectivity index is 2.78. The minimum absolute atomic E-state index is 0.393. The molecule has 0 radical (unpaired) electrons. The molecule has 1 rings (SSSR count). The van der Waals surface area contributed by atoms with Gasteiger partial charge in [-0.15, -0.1) is 11.3 Å². The minimum atomic E-state index is 0.393. The number of hydrogen-bond donors (Lipinski definition) is 1. The van der Waals surface area contributed by atoms with Crippen molar-refractivity contribution in [1.29, 1.82) is 0 Å². The van der Waals surface area contributed by atoms with Crippen LogP contribution >= 0.6 is 11.3 Å². The van der Waals surface area contributed by atoms with E-state index in [1.165, 1.54) is 11.3 Å². The van der Waals surface area contributed by atoms with Crippen LogP contribution in [0.1, 0.15) is 38.1 Å². The van der Waals surface area contributed by atoms with E-state index in [9.17, 15) is 0 Å². The van der Waals surface area contributed by atoms with Crippen LogP contribution in [0.2, 0.25) is 0 Å². The molecule has 0 spiro atoms. The number of hydrogen-bond acceptors (Lipinski definition) is 3. The molecule has 2 N–H and O–H groups in total. The molecule has 0 bridgehead atoms. The molecular formula is C12H22N2S. The molecule has 86 valence electrons. The standard InChI is InChI=1S/C12H22N2S/c1-4-7-14(10(2)3)11(9-13)12-6-5-8-15-12/h5-6,8,10-11H,4,7,9,13H2,1-3H3. The third-order valence-electron chi connectivity index (χ3n) is 2.64. The van der Waals surface area contributed by atoms with E-state index in [1.54, 1.807) is 11.3 Å². The lowest BCUT2D eigenvalue weighted by Crippen LogP contribution is -2.38. The third kappa shape index (κ3) is 3.30. The molecule has 0 saturated carbocycles. The van der Waals surface area contributed by atoms with E-state index in [1.807, 2.05) is 0 Å². The molecule has 1 aromatic rings. The van der Waals surface area contributed by atoms with Gasteiger partial charge in [0, 0.05) is 17.5 Å². The van der Waals surface area contributed by atoms with E-state index in [-0.39, 0.29) is 0 Å². The summed E-state index contributed by atoms with van der Waals surface area (Å²) >= 11 is 1.81. The van der Waals surface area contributed by atoms with Crippen molar-refractivity contribution in [3.63, 3.8) is 0 Å². The van der Waals surface area contributed by atoms with Gasteiger partial charge in [-0.1, -0.05) is 13.0 Å². The molecule has 0 fully saturated rings. The van der Waals surface area contributed by atoms with Crippen LogP contribution < -0.4 is 5.73 Å². The molecule has 0 aromatic carbocycles. The van der Waals surface area contributed by atoms with Crippen molar-refractivity contribution in [2.24, 2.45) is 5.73 Å². The molecule has 0 aliphatic carbocycles. The summed E-state index contributed by atoms with van der Waals surface area (Å²) in [5.41, 5.74) is 5.90. The predicted octanol–water partition coefficient (Wildman–Crippen LogP) is 2.87. The monoisotopic (exact) mass is 226 g/mol. The van der Waals surface area contributed by atoms with Crippen molar-refractivity contribution < 1.29 is 0 Å². The Morgan fingerprint density at radius 2 is 2.20 bits per heavy atom. The highest BCUT2D eigenvalue weighted by Crippen LogP contribution is 2.25. The van der Waals surface area contributed by atoms with Crippen LogP contribution in [0, 0.1) is 0 Å². The van der Waals surface area contributed by atoms with Crippen LogP contribution in [0.25, 0.3) is 0 Å². The molecule has 1 unspecified atom stereocenters. The summed E-state index contributed by atoms with van der Waals surface area (Å²) < 4.78 is 0. The van der Waals surface area contributed by atoms with Crippen molar-refractivity contribution >= 4 is 11.3 Å². The van der Waals surface area contributed by atoms with E-state index in [0.717, 1.165) is 6.54 Å². The van der Waals surface area contributed by atoms with E-state index < -0.39 is 0 Å². The number of rotatable bonds is 6. The summed E-state index contributed by atoms with van der Waals surface area (Å²) in [5, 5.41) is 2.13. The second kappa shape index (κ2) is 6.26. The Morgan fingerprint density at radius 1 is 1.47 bits per heavy atom. The lowest BCUT2D eigenvalue weighted by molar-refractivity contribution is 0.160. The maximum atomic E-state index is 5.90. The van der Waals surface area contributed by atoms with Gasteiger partial charge in [-0.25, -0.2) is 0 Å². The van der Waals surface area contributed by atoms with E-state index >= 15 is 0 Å². The Morgan fingerprint density at radius 3 is 2.60 bits per heavy atom. The quantitative estimate of drug-likeness (QED) is 0.808. The first-order chi connectivity index (χ1) is 7.20. The van der Waals surface area contributed by atoms with Crippen LogP contribution in [0.3, 0.4) is 0 Å². The second-order valence-corrected chi connectivity index (χ2v) is 5.08. The minimum Gasteiger partial charge on any atom is -0.329 e. The number of nitrogens with zero attached hydrogens (tertiary/aromatic N) is 1. The highest BCUT2D eigenvalue weighted by molar-refractivity contribution is 7.10. The van der Waals surface area contributed by atoms with Crippen LogP contribution in [-0.2, 0) is 0 Å². The zero-order chi connectivity index (χ0) is 11.3. The van der Waals surface area contributed by atoms with Gasteiger partial charge < -0.3 is 5.73 Å². The molecule has 1 atom stereocenters. The van der Waals surface area contributed by atoms with Crippen LogP contribution in [0.4, 0.5) is 0 Å². The lowest BCUT2D eigenvalue weighted by atomic mass is 10.1. The van der Waals surface area contributed by atoms with Crippen LogP contribution in [-0.4, -0.2) is 24.0 Å². The first kappa shape index (κ1) is 12.7. The van der Waals surface area contributed by atoms with Gasteiger partial charge >= 0.3 is 0 Å². The summed E-state index contributed by atoms with van der Waals surface area (Å²) in [6.07, 6.45) is 1.18. The van der Waals surface area contributed by atoms with Gasteiger partial charge in [0.25, 0.3) is 0 Å². The van der Waals surface area contributed by atoms with Gasteiger partial charge in [-0.3, -0.25) is 4.90 Å². The van der Waals surface area contributed by atoms with E-state index in [4.69, 9.17) is 5.73 Å². The Kier molecular flexibility index (Phi) is 5.29. The van der Waals surface area contributed by atoms with Gasteiger partial charge in [0.1, 0.15) is 0 Å². The van der Waals surface area contributed by atoms with Gasteiger partial charge in [-0.2, -0.15) is 0 Å². The SMILES string of the molecule is CCCN(C(C)C)C(CN)c1cccs1. The first-order valence-corrected chi connectivity index (χ1v) is 6.57. The average Bonchev–Trinajstić information content (AvgIpc) is 2.71. The highest BCUT2D eigenvalue weighted by atomic mass is 32.1. The maximum Gasteiger partial charge on any atom is 0.0566 e. The Bertz CT molecular complexity index is 257. The second-order valence-electron chi connectivity index (χ2n) is 4.10.